The van der Waals surface area contributed by atoms with Crippen molar-refractivity contribution in [2.24, 2.45) is 5.73 Å². The zero-order chi connectivity index (χ0) is 20.5. The summed E-state index contributed by atoms with van der Waals surface area (Å²) >= 11 is 1.42. The smallest absolute Gasteiger partial charge is 0.257 e. The van der Waals surface area contributed by atoms with E-state index in [0.717, 1.165) is 10.6 Å². The van der Waals surface area contributed by atoms with Gasteiger partial charge in [-0.3, -0.25) is 14.9 Å². The van der Waals surface area contributed by atoms with Gasteiger partial charge in [-0.05, 0) is 39.0 Å². The zero-order valence-corrected chi connectivity index (χ0v) is 17.1. The minimum Gasteiger partial charge on any atom is -0.378 e. The summed E-state index contributed by atoms with van der Waals surface area (Å²) in [6, 6.07) is 6.70. The molecular weight excluding hydrogens is 380 g/mol. The molecule has 0 radical (unpaired) electrons. The lowest BCUT2D eigenvalue weighted by atomic mass is 10.2. The van der Waals surface area contributed by atoms with Crippen LogP contribution in [0.4, 0.5) is 10.8 Å². The third kappa shape index (κ3) is 6.68. The number of amides is 2. The molecule has 0 bridgehead atoms. The average molecular weight is 407 g/mol. The molecule has 8 nitrogen and oxygen atoms in total. The normalized spacial score (nSPS) is 11.9. The first kappa shape index (κ1) is 22.0. The lowest BCUT2D eigenvalue weighted by molar-refractivity contribution is -0.127. The van der Waals surface area contributed by atoms with Gasteiger partial charge in [0.05, 0.1) is 25.5 Å². The molecule has 1 aromatic heterocycles. The standard InChI is InChI=1S/C19H26N4O4S/c1-12-14(3)28-19(21-12)23-18(25)15-5-4-6-16(11-15)22-17(24)13(2)27-10-9-26-8-7-20/h4-6,11,13H,7-10,20H2,1-3H3,(H,22,24)(H,21,23,25). The van der Waals surface area contributed by atoms with E-state index in [1.54, 1.807) is 31.2 Å². The summed E-state index contributed by atoms with van der Waals surface area (Å²) in [6.45, 7) is 7.07. The fraction of sp³-hybridized carbons (Fsp3) is 0.421. The van der Waals surface area contributed by atoms with Crippen LogP contribution in [-0.2, 0) is 14.3 Å². The second kappa shape index (κ2) is 10.9. The Hall–Kier alpha value is -2.33. The summed E-state index contributed by atoms with van der Waals surface area (Å²) in [6.07, 6.45) is -0.653. The maximum Gasteiger partial charge on any atom is 0.257 e. The van der Waals surface area contributed by atoms with E-state index in [2.05, 4.69) is 15.6 Å². The Morgan fingerprint density at radius 2 is 2.00 bits per heavy atom. The summed E-state index contributed by atoms with van der Waals surface area (Å²) in [5.74, 6) is -0.589. The number of benzene rings is 1. The number of anilines is 2. The van der Waals surface area contributed by atoms with E-state index in [4.69, 9.17) is 15.2 Å². The summed E-state index contributed by atoms with van der Waals surface area (Å²) < 4.78 is 10.6. The van der Waals surface area contributed by atoms with E-state index in [1.165, 1.54) is 11.3 Å². The number of carbonyl (C=O) groups excluding carboxylic acids is 2. The SMILES string of the molecule is Cc1nc(NC(=O)c2cccc(NC(=O)C(C)OCCOCCN)c2)sc1C. The molecule has 0 aliphatic carbocycles. The molecule has 4 N–H and O–H groups in total. The third-order valence-corrected chi connectivity index (χ3v) is 4.86. The van der Waals surface area contributed by atoms with Crippen molar-refractivity contribution in [2.45, 2.75) is 26.9 Å². The van der Waals surface area contributed by atoms with Crippen LogP contribution in [0.25, 0.3) is 0 Å². The first-order valence-corrected chi connectivity index (χ1v) is 9.78. The maximum absolute atomic E-state index is 12.4. The van der Waals surface area contributed by atoms with Gasteiger partial charge in [-0.2, -0.15) is 0 Å². The molecule has 0 saturated heterocycles. The molecule has 2 amide bonds. The van der Waals surface area contributed by atoms with E-state index >= 15 is 0 Å². The van der Waals surface area contributed by atoms with Gasteiger partial charge < -0.3 is 20.5 Å². The number of ether oxygens (including phenoxy) is 2. The molecule has 0 fully saturated rings. The topological polar surface area (TPSA) is 116 Å². The van der Waals surface area contributed by atoms with Crippen molar-refractivity contribution < 1.29 is 19.1 Å². The van der Waals surface area contributed by atoms with Gasteiger partial charge in [-0.1, -0.05) is 6.07 Å². The second-order valence-corrected chi connectivity index (χ2v) is 7.30. The Morgan fingerprint density at radius 3 is 2.68 bits per heavy atom. The summed E-state index contributed by atoms with van der Waals surface area (Å²) in [5, 5.41) is 6.07. The molecule has 28 heavy (non-hydrogen) atoms. The van der Waals surface area contributed by atoms with Gasteiger partial charge in [0.15, 0.2) is 5.13 Å². The van der Waals surface area contributed by atoms with Gasteiger partial charge in [0.1, 0.15) is 6.10 Å². The molecular formula is C19H26N4O4S. The molecule has 152 valence electrons. The number of nitrogens with one attached hydrogen (secondary N) is 2. The number of aryl methyl sites for hydroxylation is 2. The summed E-state index contributed by atoms with van der Waals surface area (Å²) in [4.78, 5) is 30.0. The van der Waals surface area contributed by atoms with Crippen LogP contribution in [0, 0.1) is 13.8 Å². The molecule has 9 heteroatoms. The first-order chi connectivity index (χ1) is 13.4. The second-order valence-electron chi connectivity index (χ2n) is 6.10. The van der Waals surface area contributed by atoms with Gasteiger partial charge in [0.2, 0.25) is 0 Å². The molecule has 0 aliphatic rings. The van der Waals surface area contributed by atoms with Crippen molar-refractivity contribution >= 4 is 34.0 Å². The van der Waals surface area contributed by atoms with E-state index in [0.29, 0.717) is 42.7 Å². The van der Waals surface area contributed by atoms with Gasteiger partial charge in [-0.15, -0.1) is 11.3 Å². The van der Waals surface area contributed by atoms with Gasteiger partial charge in [0.25, 0.3) is 11.8 Å². The van der Waals surface area contributed by atoms with Crippen molar-refractivity contribution in [3.8, 4) is 0 Å². The molecule has 1 aromatic carbocycles. The van der Waals surface area contributed by atoms with E-state index in [1.807, 2.05) is 13.8 Å². The Morgan fingerprint density at radius 1 is 1.21 bits per heavy atom. The van der Waals surface area contributed by atoms with Crippen molar-refractivity contribution in [1.82, 2.24) is 4.98 Å². The van der Waals surface area contributed by atoms with Crippen molar-refractivity contribution in [2.75, 3.05) is 37.0 Å². The molecule has 1 heterocycles. The van der Waals surface area contributed by atoms with Crippen molar-refractivity contribution in [1.29, 1.82) is 0 Å². The van der Waals surface area contributed by atoms with Gasteiger partial charge in [0, 0.05) is 22.7 Å². The lowest BCUT2D eigenvalue weighted by Crippen LogP contribution is -2.29. The molecule has 1 atom stereocenters. The third-order valence-electron chi connectivity index (χ3n) is 3.87. The number of nitrogens with zero attached hydrogens (tertiary/aromatic N) is 1. The Balaban J connectivity index is 1.89. The molecule has 0 spiro atoms. The monoisotopic (exact) mass is 406 g/mol. The quantitative estimate of drug-likeness (QED) is 0.522. The highest BCUT2D eigenvalue weighted by atomic mass is 32.1. The number of carbonyl (C=O) groups is 2. The average Bonchev–Trinajstić information content (AvgIpc) is 2.98. The number of rotatable bonds is 10. The zero-order valence-electron chi connectivity index (χ0n) is 16.3. The largest absolute Gasteiger partial charge is 0.378 e. The number of hydrogen-bond donors (Lipinski definition) is 3. The van der Waals surface area contributed by atoms with E-state index < -0.39 is 6.10 Å². The van der Waals surface area contributed by atoms with Crippen molar-refractivity contribution in [3.05, 3.63) is 40.4 Å². The fourth-order valence-electron chi connectivity index (χ4n) is 2.22. The lowest BCUT2D eigenvalue weighted by Gasteiger charge is -2.14. The maximum atomic E-state index is 12.4. The minimum absolute atomic E-state index is 0.286. The molecule has 2 rings (SSSR count). The first-order valence-electron chi connectivity index (χ1n) is 8.96. The van der Waals surface area contributed by atoms with Crippen LogP contribution in [0.5, 0.6) is 0 Å². The van der Waals surface area contributed by atoms with Crippen LogP contribution in [0.3, 0.4) is 0 Å². The van der Waals surface area contributed by atoms with Crippen LogP contribution in [0.2, 0.25) is 0 Å². The highest BCUT2D eigenvalue weighted by molar-refractivity contribution is 7.15. The highest BCUT2D eigenvalue weighted by Gasteiger charge is 2.15. The van der Waals surface area contributed by atoms with E-state index in [9.17, 15) is 9.59 Å². The van der Waals surface area contributed by atoms with Crippen LogP contribution in [0.1, 0.15) is 27.9 Å². The number of aromatic nitrogens is 1. The van der Waals surface area contributed by atoms with Crippen LogP contribution in [0.15, 0.2) is 24.3 Å². The molecule has 1 unspecified atom stereocenters. The Labute approximate surface area is 168 Å². The summed E-state index contributed by atoms with van der Waals surface area (Å²) in [7, 11) is 0. The van der Waals surface area contributed by atoms with Crippen LogP contribution < -0.4 is 16.4 Å². The Bertz CT molecular complexity index is 789. The predicted molar refractivity (Wildman–Crippen MR) is 110 cm³/mol. The van der Waals surface area contributed by atoms with Crippen LogP contribution >= 0.6 is 11.3 Å². The molecule has 2 aromatic rings. The number of hydrogen-bond acceptors (Lipinski definition) is 7. The van der Waals surface area contributed by atoms with Gasteiger partial charge >= 0.3 is 0 Å². The Kier molecular flexibility index (Phi) is 8.52. The van der Waals surface area contributed by atoms with Crippen LogP contribution in [-0.4, -0.2) is 49.3 Å². The minimum atomic E-state index is -0.653. The van der Waals surface area contributed by atoms with E-state index in [-0.39, 0.29) is 11.8 Å². The van der Waals surface area contributed by atoms with Crippen molar-refractivity contribution in [3.63, 3.8) is 0 Å². The fourth-order valence-corrected chi connectivity index (χ4v) is 3.03. The molecule has 0 aliphatic heterocycles. The predicted octanol–water partition coefficient (Wildman–Crippen LogP) is 2.33. The highest BCUT2D eigenvalue weighted by Crippen LogP contribution is 2.22. The van der Waals surface area contributed by atoms with Gasteiger partial charge in [-0.25, -0.2) is 4.98 Å². The number of nitrogens with two attached hydrogens (primary N) is 1. The number of thiazole rings is 1. The summed E-state index contributed by atoms with van der Waals surface area (Å²) in [5.41, 5.74) is 7.16. The molecule has 0 saturated carbocycles.